The fraction of sp³-hybridized carbons (Fsp3) is 0.308. The third kappa shape index (κ3) is 3.33. The Morgan fingerprint density at radius 2 is 2.32 bits per heavy atom. The summed E-state index contributed by atoms with van der Waals surface area (Å²) in [6.45, 7) is 2.58. The highest BCUT2D eigenvalue weighted by molar-refractivity contribution is 9.10. The SMILES string of the molecule is COCC(C)Nc1nccn1-c1ccc(F)cc1Br. The van der Waals surface area contributed by atoms with Crippen LogP contribution in [0.3, 0.4) is 0 Å². The Labute approximate surface area is 119 Å². The fourth-order valence-electron chi connectivity index (χ4n) is 1.79. The maximum atomic E-state index is 13.1. The average molecular weight is 328 g/mol. The molecule has 1 N–H and O–H groups in total. The van der Waals surface area contributed by atoms with E-state index in [9.17, 15) is 4.39 Å². The van der Waals surface area contributed by atoms with Crippen LogP contribution in [0.15, 0.2) is 35.1 Å². The highest BCUT2D eigenvalue weighted by Gasteiger charge is 2.11. The van der Waals surface area contributed by atoms with E-state index in [1.54, 1.807) is 19.4 Å². The van der Waals surface area contributed by atoms with Crippen LogP contribution in [0.2, 0.25) is 0 Å². The Hall–Kier alpha value is -1.40. The van der Waals surface area contributed by atoms with E-state index in [0.717, 1.165) is 5.69 Å². The molecule has 1 aromatic heterocycles. The minimum absolute atomic E-state index is 0.130. The quantitative estimate of drug-likeness (QED) is 0.916. The lowest BCUT2D eigenvalue weighted by Gasteiger charge is -2.16. The lowest BCUT2D eigenvalue weighted by Crippen LogP contribution is -2.22. The largest absolute Gasteiger partial charge is 0.383 e. The fourth-order valence-corrected chi connectivity index (χ4v) is 2.34. The van der Waals surface area contributed by atoms with Crippen LogP contribution in [0, 0.1) is 5.82 Å². The summed E-state index contributed by atoms with van der Waals surface area (Å²) in [4.78, 5) is 4.26. The van der Waals surface area contributed by atoms with Crippen molar-refractivity contribution in [1.82, 2.24) is 9.55 Å². The average Bonchev–Trinajstić information content (AvgIpc) is 2.77. The molecule has 2 rings (SSSR count). The van der Waals surface area contributed by atoms with Crippen LogP contribution in [-0.2, 0) is 4.74 Å². The van der Waals surface area contributed by atoms with Gasteiger partial charge in [-0.2, -0.15) is 0 Å². The lowest BCUT2D eigenvalue weighted by molar-refractivity contribution is 0.190. The normalized spacial score (nSPS) is 12.4. The number of methoxy groups -OCH3 is 1. The highest BCUT2D eigenvalue weighted by atomic mass is 79.9. The van der Waals surface area contributed by atoms with Crippen molar-refractivity contribution in [3.8, 4) is 5.69 Å². The first-order valence-corrected chi connectivity index (χ1v) is 6.65. The number of rotatable bonds is 5. The van der Waals surface area contributed by atoms with Gasteiger partial charge in [0.1, 0.15) is 5.82 Å². The molecule has 0 aliphatic carbocycles. The van der Waals surface area contributed by atoms with Crippen LogP contribution in [0.5, 0.6) is 0 Å². The van der Waals surface area contributed by atoms with Gasteiger partial charge in [0.2, 0.25) is 5.95 Å². The smallest absolute Gasteiger partial charge is 0.207 e. The zero-order valence-corrected chi connectivity index (χ0v) is 12.3. The number of hydrogen-bond acceptors (Lipinski definition) is 3. The summed E-state index contributed by atoms with van der Waals surface area (Å²) < 4.78 is 20.7. The zero-order valence-electron chi connectivity index (χ0n) is 10.7. The Balaban J connectivity index is 2.28. The molecule has 2 aromatic rings. The van der Waals surface area contributed by atoms with E-state index < -0.39 is 0 Å². The number of nitrogens with zero attached hydrogens (tertiary/aromatic N) is 2. The molecule has 1 heterocycles. The van der Waals surface area contributed by atoms with Crippen LogP contribution in [0.4, 0.5) is 10.3 Å². The molecule has 0 saturated carbocycles. The van der Waals surface area contributed by atoms with Crippen molar-refractivity contribution < 1.29 is 9.13 Å². The van der Waals surface area contributed by atoms with Crippen LogP contribution >= 0.6 is 15.9 Å². The zero-order chi connectivity index (χ0) is 13.8. The number of ether oxygens (including phenoxy) is 1. The maximum Gasteiger partial charge on any atom is 0.207 e. The molecule has 1 unspecified atom stereocenters. The second kappa shape index (κ2) is 6.16. The Morgan fingerprint density at radius 1 is 1.53 bits per heavy atom. The molecule has 1 atom stereocenters. The summed E-state index contributed by atoms with van der Waals surface area (Å²) in [6.07, 6.45) is 3.51. The van der Waals surface area contributed by atoms with Gasteiger partial charge in [0.15, 0.2) is 0 Å². The molecule has 19 heavy (non-hydrogen) atoms. The van der Waals surface area contributed by atoms with Gasteiger partial charge in [-0.25, -0.2) is 9.37 Å². The first kappa shape index (κ1) is 14.0. The molecule has 0 aliphatic heterocycles. The number of imidazole rings is 1. The predicted octanol–water partition coefficient (Wildman–Crippen LogP) is 3.22. The van der Waals surface area contributed by atoms with E-state index in [2.05, 4.69) is 26.2 Å². The summed E-state index contributed by atoms with van der Waals surface area (Å²) in [6, 6.07) is 4.68. The van der Waals surface area contributed by atoms with Crippen molar-refractivity contribution in [3.63, 3.8) is 0 Å². The maximum absolute atomic E-state index is 13.1. The third-order valence-corrected chi connectivity index (χ3v) is 3.24. The van der Waals surface area contributed by atoms with Crippen LogP contribution in [0.1, 0.15) is 6.92 Å². The minimum Gasteiger partial charge on any atom is -0.383 e. The predicted molar refractivity (Wildman–Crippen MR) is 76.2 cm³/mol. The number of nitrogens with one attached hydrogen (secondary N) is 1. The molecule has 1 aromatic carbocycles. The van der Waals surface area contributed by atoms with Crippen molar-refractivity contribution in [2.75, 3.05) is 19.0 Å². The van der Waals surface area contributed by atoms with E-state index in [-0.39, 0.29) is 11.9 Å². The molecular formula is C13H15BrFN3O. The molecule has 0 amide bonds. The van der Waals surface area contributed by atoms with Gasteiger partial charge in [-0.15, -0.1) is 0 Å². The van der Waals surface area contributed by atoms with Crippen molar-refractivity contribution >= 4 is 21.9 Å². The second-order valence-electron chi connectivity index (χ2n) is 4.22. The standard InChI is InChI=1S/C13H15BrFN3O/c1-9(8-19-2)17-13-16-5-6-18(13)12-4-3-10(15)7-11(12)14/h3-7,9H,8H2,1-2H3,(H,16,17). The first-order valence-electron chi connectivity index (χ1n) is 5.86. The van der Waals surface area contributed by atoms with Crippen molar-refractivity contribution in [2.45, 2.75) is 13.0 Å². The third-order valence-electron chi connectivity index (χ3n) is 2.60. The van der Waals surface area contributed by atoms with Crippen molar-refractivity contribution in [3.05, 3.63) is 40.9 Å². The Kier molecular flexibility index (Phi) is 4.55. The van der Waals surface area contributed by atoms with Gasteiger partial charge in [0, 0.05) is 30.0 Å². The van der Waals surface area contributed by atoms with Gasteiger partial charge >= 0.3 is 0 Å². The molecule has 0 spiro atoms. The molecule has 4 nitrogen and oxygen atoms in total. The molecule has 0 bridgehead atoms. The van der Waals surface area contributed by atoms with E-state index >= 15 is 0 Å². The molecule has 0 saturated heterocycles. The van der Waals surface area contributed by atoms with E-state index in [4.69, 9.17) is 4.74 Å². The highest BCUT2D eigenvalue weighted by Crippen LogP contribution is 2.24. The number of benzene rings is 1. The number of halogens is 2. The molecule has 0 aliphatic rings. The summed E-state index contributed by atoms with van der Waals surface area (Å²) >= 11 is 3.36. The van der Waals surface area contributed by atoms with Gasteiger partial charge < -0.3 is 10.1 Å². The van der Waals surface area contributed by atoms with Crippen LogP contribution in [-0.4, -0.2) is 29.3 Å². The monoisotopic (exact) mass is 327 g/mol. The molecular weight excluding hydrogens is 313 g/mol. The van der Waals surface area contributed by atoms with Gasteiger partial charge in [0.25, 0.3) is 0 Å². The van der Waals surface area contributed by atoms with E-state index in [1.807, 2.05) is 17.7 Å². The summed E-state index contributed by atoms with van der Waals surface area (Å²) in [5, 5.41) is 3.24. The van der Waals surface area contributed by atoms with Gasteiger partial charge in [-0.3, -0.25) is 4.57 Å². The van der Waals surface area contributed by atoms with Crippen molar-refractivity contribution in [1.29, 1.82) is 0 Å². The molecule has 0 fully saturated rings. The Morgan fingerprint density at radius 3 is 3.00 bits per heavy atom. The summed E-state index contributed by atoms with van der Waals surface area (Å²) in [5.41, 5.74) is 0.825. The Bertz CT molecular complexity index is 559. The molecule has 102 valence electrons. The number of aromatic nitrogens is 2. The topological polar surface area (TPSA) is 39.1 Å². The van der Waals surface area contributed by atoms with E-state index in [0.29, 0.717) is 17.0 Å². The lowest BCUT2D eigenvalue weighted by atomic mass is 10.3. The molecule has 6 heteroatoms. The van der Waals surface area contributed by atoms with Gasteiger partial charge in [-0.05, 0) is 41.1 Å². The summed E-state index contributed by atoms with van der Waals surface area (Å²) in [7, 11) is 1.65. The van der Waals surface area contributed by atoms with Gasteiger partial charge in [0.05, 0.1) is 12.3 Å². The first-order chi connectivity index (χ1) is 9.11. The van der Waals surface area contributed by atoms with E-state index in [1.165, 1.54) is 12.1 Å². The van der Waals surface area contributed by atoms with Crippen molar-refractivity contribution in [2.24, 2.45) is 0 Å². The molecule has 0 radical (unpaired) electrons. The summed E-state index contributed by atoms with van der Waals surface area (Å²) in [5.74, 6) is 0.412. The number of anilines is 1. The van der Waals surface area contributed by atoms with Crippen LogP contribution in [0.25, 0.3) is 5.69 Å². The second-order valence-corrected chi connectivity index (χ2v) is 5.07. The van der Waals surface area contributed by atoms with Crippen LogP contribution < -0.4 is 5.32 Å². The van der Waals surface area contributed by atoms with Gasteiger partial charge in [-0.1, -0.05) is 0 Å². The minimum atomic E-state index is -0.280. The number of hydrogen-bond donors (Lipinski definition) is 1.